The molecule has 0 saturated carbocycles. The molecule has 0 aliphatic carbocycles. The second-order valence-electron chi connectivity index (χ2n) is 6.08. The molecule has 24 heavy (non-hydrogen) atoms. The van der Waals surface area contributed by atoms with Crippen molar-refractivity contribution in [2.75, 3.05) is 0 Å². The smallest absolute Gasteiger partial charge is 0.225 e. The zero-order valence-electron chi connectivity index (χ0n) is 13.6. The summed E-state index contributed by atoms with van der Waals surface area (Å²) < 4.78 is 1.91. The van der Waals surface area contributed by atoms with Crippen LogP contribution >= 0.6 is 11.6 Å². The largest absolute Gasteiger partial charge is 0.346 e. The average Bonchev–Trinajstić information content (AvgIpc) is 2.98. The number of hydrogen-bond donors (Lipinski definition) is 1. The lowest BCUT2D eigenvalue weighted by molar-refractivity contribution is -0.121. The summed E-state index contributed by atoms with van der Waals surface area (Å²) in [5.41, 5.74) is 1.69. The maximum Gasteiger partial charge on any atom is 0.225 e. The van der Waals surface area contributed by atoms with Crippen LogP contribution in [0.3, 0.4) is 0 Å². The van der Waals surface area contributed by atoms with Crippen molar-refractivity contribution in [1.29, 1.82) is 0 Å². The number of carbonyl (C=O) groups is 1. The van der Waals surface area contributed by atoms with Crippen molar-refractivity contribution < 1.29 is 4.79 Å². The molecule has 0 bridgehead atoms. The van der Waals surface area contributed by atoms with Crippen LogP contribution in [0.25, 0.3) is 5.65 Å². The van der Waals surface area contributed by atoms with Crippen molar-refractivity contribution in [1.82, 2.24) is 19.9 Å². The predicted molar refractivity (Wildman–Crippen MR) is 93.9 cm³/mol. The number of halogens is 1. The van der Waals surface area contributed by atoms with Gasteiger partial charge in [0, 0.05) is 11.2 Å². The molecule has 124 valence electrons. The van der Waals surface area contributed by atoms with Gasteiger partial charge in [-0.2, -0.15) is 0 Å². The number of rotatable bonds is 5. The van der Waals surface area contributed by atoms with Crippen molar-refractivity contribution >= 4 is 23.2 Å². The van der Waals surface area contributed by atoms with Crippen LogP contribution in [-0.4, -0.2) is 20.5 Å². The van der Waals surface area contributed by atoms with Crippen LogP contribution in [0.15, 0.2) is 48.7 Å². The Bertz CT molecular complexity index is 842. The van der Waals surface area contributed by atoms with Crippen LogP contribution < -0.4 is 5.32 Å². The fourth-order valence-electron chi connectivity index (χ4n) is 2.61. The molecule has 2 aromatic heterocycles. The molecule has 0 unspecified atom stereocenters. The Labute approximate surface area is 145 Å². The molecule has 3 rings (SSSR count). The topological polar surface area (TPSA) is 59.3 Å². The minimum atomic E-state index is -0.206. The molecule has 3 aromatic rings. The summed E-state index contributed by atoms with van der Waals surface area (Å²) in [6.07, 6.45) is 2.21. The summed E-state index contributed by atoms with van der Waals surface area (Å²) in [7, 11) is 0. The van der Waals surface area contributed by atoms with E-state index >= 15 is 0 Å². The van der Waals surface area contributed by atoms with Gasteiger partial charge >= 0.3 is 0 Å². The fraction of sp³-hybridized carbons (Fsp3) is 0.278. The number of nitrogens with zero attached hydrogens (tertiary/aromatic N) is 3. The number of hydrogen-bond acceptors (Lipinski definition) is 3. The maximum atomic E-state index is 12.4. The van der Waals surface area contributed by atoms with Gasteiger partial charge in [-0.1, -0.05) is 43.6 Å². The fourth-order valence-corrected chi connectivity index (χ4v) is 2.74. The van der Waals surface area contributed by atoms with E-state index in [4.69, 9.17) is 11.6 Å². The van der Waals surface area contributed by atoms with Gasteiger partial charge in [0.15, 0.2) is 11.5 Å². The molecule has 6 heteroatoms. The minimum Gasteiger partial charge on any atom is -0.346 e. The second-order valence-corrected chi connectivity index (χ2v) is 6.52. The zero-order chi connectivity index (χ0) is 17.1. The first kappa shape index (κ1) is 16.5. The van der Waals surface area contributed by atoms with Gasteiger partial charge < -0.3 is 5.32 Å². The SMILES string of the molecule is CC(C)[C@@H](NC(=O)Cc1ccc(Cl)cc1)c1nnc2ccccn12. The van der Waals surface area contributed by atoms with Crippen LogP contribution in [0, 0.1) is 5.92 Å². The number of benzene rings is 1. The molecule has 0 fully saturated rings. The molecule has 1 atom stereocenters. The van der Waals surface area contributed by atoms with E-state index in [1.54, 1.807) is 12.1 Å². The molecular formula is C18H19ClN4O. The Kier molecular flexibility index (Phi) is 4.81. The third-order valence-electron chi connectivity index (χ3n) is 3.88. The number of fused-ring (bicyclic) bond motifs is 1. The highest BCUT2D eigenvalue weighted by Gasteiger charge is 2.23. The summed E-state index contributed by atoms with van der Waals surface area (Å²) in [4.78, 5) is 12.4. The first-order valence-electron chi connectivity index (χ1n) is 7.88. The summed E-state index contributed by atoms with van der Waals surface area (Å²) in [6, 6.07) is 12.8. The highest BCUT2D eigenvalue weighted by molar-refractivity contribution is 6.30. The lowest BCUT2D eigenvalue weighted by Crippen LogP contribution is -2.34. The highest BCUT2D eigenvalue weighted by atomic mass is 35.5. The molecule has 0 aliphatic rings. The number of carbonyl (C=O) groups excluding carboxylic acids is 1. The average molecular weight is 343 g/mol. The maximum absolute atomic E-state index is 12.4. The lowest BCUT2D eigenvalue weighted by Gasteiger charge is -2.21. The second kappa shape index (κ2) is 7.01. The molecule has 5 nitrogen and oxygen atoms in total. The Morgan fingerprint density at radius 3 is 2.62 bits per heavy atom. The van der Waals surface area contributed by atoms with Crippen molar-refractivity contribution in [3.63, 3.8) is 0 Å². The molecule has 1 aromatic carbocycles. The van der Waals surface area contributed by atoms with Gasteiger partial charge in [0.25, 0.3) is 0 Å². The van der Waals surface area contributed by atoms with Gasteiger partial charge in [-0.25, -0.2) is 0 Å². The number of nitrogens with one attached hydrogen (secondary N) is 1. The van der Waals surface area contributed by atoms with E-state index in [1.165, 1.54) is 0 Å². The van der Waals surface area contributed by atoms with E-state index in [0.717, 1.165) is 17.0 Å². The summed E-state index contributed by atoms with van der Waals surface area (Å²) in [5, 5.41) is 12.2. The Balaban J connectivity index is 1.79. The van der Waals surface area contributed by atoms with E-state index in [0.29, 0.717) is 11.4 Å². The van der Waals surface area contributed by atoms with Crippen molar-refractivity contribution in [3.8, 4) is 0 Å². The number of amides is 1. The Morgan fingerprint density at radius 1 is 1.17 bits per heavy atom. The van der Waals surface area contributed by atoms with Crippen LogP contribution in [0.5, 0.6) is 0 Å². The van der Waals surface area contributed by atoms with Gasteiger partial charge in [-0.3, -0.25) is 9.20 Å². The summed E-state index contributed by atoms with van der Waals surface area (Å²) >= 11 is 5.88. The van der Waals surface area contributed by atoms with E-state index in [9.17, 15) is 4.79 Å². The molecule has 1 N–H and O–H groups in total. The molecule has 0 saturated heterocycles. The van der Waals surface area contributed by atoms with Crippen molar-refractivity contribution in [2.45, 2.75) is 26.3 Å². The Hall–Kier alpha value is -2.40. The third-order valence-corrected chi connectivity index (χ3v) is 4.13. The number of pyridine rings is 1. The van der Waals surface area contributed by atoms with Gasteiger partial charge in [0.2, 0.25) is 5.91 Å². The van der Waals surface area contributed by atoms with Gasteiger partial charge in [0.05, 0.1) is 12.5 Å². The van der Waals surface area contributed by atoms with Crippen LogP contribution in [0.2, 0.25) is 5.02 Å². The monoisotopic (exact) mass is 342 g/mol. The van der Waals surface area contributed by atoms with E-state index < -0.39 is 0 Å². The van der Waals surface area contributed by atoms with Crippen molar-refractivity contribution in [2.24, 2.45) is 5.92 Å². The standard InChI is InChI=1S/C18H19ClN4O/c1-12(2)17(18-22-21-15-5-3-4-10-23(15)18)20-16(24)11-13-6-8-14(19)9-7-13/h3-10,12,17H,11H2,1-2H3,(H,20,24)/t17-/m1/s1. The van der Waals surface area contributed by atoms with Crippen LogP contribution in [-0.2, 0) is 11.2 Å². The van der Waals surface area contributed by atoms with E-state index in [2.05, 4.69) is 29.4 Å². The molecular weight excluding hydrogens is 324 g/mol. The third kappa shape index (κ3) is 3.57. The molecule has 1 amide bonds. The van der Waals surface area contributed by atoms with Gasteiger partial charge in [-0.05, 0) is 35.7 Å². The first-order chi connectivity index (χ1) is 11.5. The van der Waals surface area contributed by atoms with Crippen molar-refractivity contribution in [3.05, 3.63) is 65.1 Å². The van der Waals surface area contributed by atoms with Crippen LogP contribution in [0.1, 0.15) is 31.3 Å². The number of aromatic nitrogens is 3. The summed E-state index contributed by atoms with van der Waals surface area (Å²) in [5.74, 6) is 0.875. The normalized spacial score (nSPS) is 12.5. The van der Waals surface area contributed by atoms with Crippen LogP contribution in [0.4, 0.5) is 0 Å². The minimum absolute atomic E-state index is 0.0521. The van der Waals surface area contributed by atoms with Gasteiger partial charge in [-0.15, -0.1) is 10.2 Å². The summed E-state index contributed by atoms with van der Waals surface area (Å²) in [6.45, 7) is 4.11. The highest BCUT2D eigenvalue weighted by Crippen LogP contribution is 2.21. The van der Waals surface area contributed by atoms with E-state index in [1.807, 2.05) is 40.9 Å². The predicted octanol–water partition coefficient (Wildman–Crippen LogP) is 3.44. The molecule has 2 heterocycles. The molecule has 0 spiro atoms. The van der Waals surface area contributed by atoms with Gasteiger partial charge in [0.1, 0.15) is 0 Å². The first-order valence-corrected chi connectivity index (χ1v) is 8.26. The van der Waals surface area contributed by atoms with E-state index in [-0.39, 0.29) is 17.9 Å². The zero-order valence-corrected chi connectivity index (χ0v) is 14.4. The molecule has 0 aliphatic heterocycles. The lowest BCUT2D eigenvalue weighted by atomic mass is 10.0. The quantitative estimate of drug-likeness (QED) is 0.772. The Morgan fingerprint density at radius 2 is 1.92 bits per heavy atom. The molecule has 0 radical (unpaired) electrons.